The van der Waals surface area contributed by atoms with Crippen molar-refractivity contribution in [1.82, 2.24) is 4.90 Å². The molecule has 1 aliphatic heterocycles. The van der Waals surface area contributed by atoms with Crippen LogP contribution in [-0.4, -0.2) is 35.2 Å². The Morgan fingerprint density at radius 1 is 1.12 bits per heavy atom. The summed E-state index contributed by atoms with van der Waals surface area (Å²) in [5.41, 5.74) is -0.670. The van der Waals surface area contributed by atoms with Crippen molar-refractivity contribution < 1.29 is 5.11 Å². The quantitative estimate of drug-likeness (QED) is 0.634. The third kappa shape index (κ3) is 2.99. The van der Waals surface area contributed by atoms with Crippen LogP contribution in [0, 0.1) is 11.8 Å². The zero-order chi connectivity index (χ0) is 11.4. The Hall–Kier alpha value is -0.520. The van der Waals surface area contributed by atoms with Crippen LogP contribution in [0.25, 0.3) is 0 Å². The number of piperidine rings is 1. The van der Waals surface area contributed by atoms with Crippen LogP contribution >= 0.6 is 0 Å². The molecule has 0 aromatic rings. The first kappa shape index (κ1) is 12.0. The summed E-state index contributed by atoms with van der Waals surface area (Å²) < 4.78 is 0. The van der Waals surface area contributed by atoms with Crippen molar-refractivity contribution in [2.75, 3.05) is 13.6 Å². The van der Waals surface area contributed by atoms with E-state index in [2.05, 4.69) is 23.8 Å². The predicted molar refractivity (Wildman–Crippen MR) is 66.1 cm³/mol. The summed E-state index contributed by atoms with van der Waals surface area (Å²) in [7, 11) is 2.14. The molecule has 2 nitrogen and oxygen atoms in total. The van der Waals surface area contributed by atoms with Gasteiger partial charge in [-0.2, -0.15) is 0 Å². The highest BCUT2D eigenvalue weighted by Crippen LogP contribution is 2.27. The Balaban J connectivity index is 1.96. The Labute approximate surface area is 99.0 Å². The van der Waals surface area contributed by atoms with Crippen molar-refractivity contribution in [3.05, 3.63) is 0 Å². The van der Waals surface area contributed by atoms with Crippen molar-refractivity contribution in [1.29, 1.82) is 0 Å². The molecule has 1 heterocycles. The van der Waals surface area contributed by atoms with E-state index in [9.17, 15) is 5.11 Å². The van der Waals surface area contributed by atoms with E-state index in [-0.39, 0.29) is 0 Å². The van der Waals surface area contributed by atoms with E-state index in [4.69, 9.17) is 0 Å². The summed E-state index contributed by atoms with van der Waals surface area (Å²) in [5.74, 6) is 6.47. The second-order valence-corrected chi connectivity index (χ2v) is 5.35. The van der Waals surface area contributed by atoms with Gasteiger partial charge < -0.3 is 5.11 Å². The Bertz CT molecular complexity index is 283. The van der Waals surface area contributed by atoms with Gasteiger partial charge in [0.15, 0.2) is 0 Å². The molecule has 1 saturated carbocycles. The van der Waals surface area contributed by atoms with E-state index < -0.39 is 5.60 Å². The van der Waals surface area contributed by atoms with E-state index >= 15 is 0 Å². The maximum absolute atomic E-state index is 10.3. The van der Waals surface area contributed by atoms with Gasteiger partial charge in [-0.05, 0) is 58.5 Å². The summed E-state index contributed by atoms with van der Waals surface area (Å²) in [4.78, 5) is 2.32. The molecule has 2 aliphatic rings. The monoisotopic (exact) mass is 221 g/mol. The van der Waals surface area contributed by atoms with Gasteiger partial charge in [0.1, 0.15) is 5.60 Å². The lowest BCUT2D eigenvalue weighted by molar-refractivity contribution is 0.0606. The molecule has 0 aromatic carbocycles. The summed E-state index contributed by atoms with van der Waals surface area (Å²) >= 11 is 0. The fourth-order valence-electron chi connectivity index (χ4n) is 2.74. The van der Waals surface area contributed by atoms with Crippen LogP contribution in [0.5, 0.6) is 0 Å². The molecule has 0 radical (unpaired) electrons. The molecule has 0 unspecified atom stereocenters. The molecule has 2 fully saturated rings. The Morgan fingerprint density at radius 3 is 2.56 bits per heavy atom. The lowest BCUT2D eigenvalue weighted by atomic mass is 9.85. The summed E-state index contributed by atoms with van der Waals surface area (Å²) in [6.07, 6.45) is 9.00. The number of rotatable bonds is 0. The van der Waals surface area contributed by atoms with Crippen molar-refractivity contribution in [3.63, 3.8) is 0 Å². The first-order valence-electron chi connectivity index (χ1n) is 6.65. The molecule has 2 rings (SSSR count). The van der Waals surface area contributed by atoms with E-state index in [0.29, 0.717) is 6.04 Å². The van der Waals surface area contributed by atoms with Gasteiger partial charge in [0.25, 0.3) is 0 Å². The molecule has 0 amide bonds. The van der Waals surface area contributed by atoms with Gasteiger partial charge in [-0.25, -0.2) is 0 Å². The van der Waals surface area contributed by atoms with Gasteiger partial charge in [-0.15, -0.1) is 0 Å². The van der Waals surface area contributed by atoms with Crippen LogP contribution in [0.4, 0.5) is 0 Å². The fourth-order valence-corrected chi connectivity index (χ4v) is 2.74. The van der Waals surface area contributed by atoms with E-state index in [0.717, 1.165) is 32.2 Å². The van der Waals surface area contributed by atoms with Crippen LogP contribution in [-0.2, 0) is 0 Å². The third-order valence-electron chi connectivity index (χ3n) is 3.92. The lowest BCUT2D eigenvalue weighted by Crippen LogP contribution is -2.36. The predicted octanol–water partition coefficient (Wildman–Crippen LogP) is 2.17. The minimum Gasteiger partial charge on any atom is -0.378 e. The van der Waals surface area contributed by atoms with Gasteiger partial charge in [0.05, 0.1) is 6.04 Å². The van der Waals surface area contributed by atoms with Crippen molar-refractivity contribution in [2.24, 2.45) is 0 Å². The lowest BCUT2D eigenvalue weighted by Gasteiger charge is -2.30. The van der Waals surface area contributed by atoms with Crippen molar-refractivity contribution in [3.8, 4) is 11.8 Å². The van der Waals surface area contributed by atoms with Gasteiger partial charge in [-0.1, -0.05) is 18.3 Å². The standard InChI is InChI=1S/C14H23NO/c1-15-12-6-3-7-13(15)8-11-14(16)9-4-2-5-10-14/h13,16H,2-7,9-10,12H2,1H3/t13-/m1/s1. The minimum atomic E-state index is -0.670. The molecule has 0 bridgehead atoms. The maximum Gasteiger partial charge on any atom is 0.125 e. The SMILES string of the molecule is CN1CCCC[C@@H]1C#CC1(O)CCCCC1. The molecule has 1 saturated heterocycles. The highest BCUT2D eigenvalue weighted by atomic mass is 16.3. The second kappa shape index (κ2) is 5.21. The van der Waals surface area contributed by atoms with Gasteiger partial charge in [0.2, 0.25) is 0 Å². The molecule has 1 atom stereocenters. The molecular formula is C14H23NO. The van der Waals surface area contributed by atoms with Crippen LogP contribution in [0.3, 0.4) is 0 Å². The molecular weight excluding hydrogens is 198 g/mol. The zero-order valence-corrected chi connectivity index (χ0v) is 10.3. The topological polar surface area (TPSA) is 23.5 Å². The first-order chi connectivity index (χ1) is 7.70. The maximum atomic E-state index is 10.3. The normalized spacial score (nSPS) is 30.5. The summed E-state index contributed by atoms with van der Waals surface area (Å²) in [5, 5.41) is 10.3. The number of hydrogen-bond acceptors (Lipinski definition) is 2. The fraction of sp³-hybridized carbons (Fsp3) is 0.857. The molecule has 2 heteroatoms. The minimum absolute atomic E-state index is 0.375. The van der Waals surface area contributed by atoms with Crippen LogP contribution < -0.4 is 0 Å². The average molecular weight is 221 g/mol. The highest BCUT2D eigenvalue weighted by molar-refractivity contribution is 5.18. The van der Waals surface area contributed by atoms with E-state index in [1.807, 2.05) is 0 Å². The van der Waals surface area contributed by atoms with Crippen molar-refractivity contribution in [2.45, 2.75) is 63.0 Å². The summed E-state index contributed by atoms with van der Waals surface area (Å²) in [6, 6.07) is 0.375. The van der Waals surface area contributed by atoms with Crippen LogP contribution in [0.15, 0.2) is 0 Å². The smallest absolute Gasteiger partial charge is 0.125 e. The summed E-state index contributed by atoms with van der Waals surface area (Å²) in [6.45, 7) is 1.15. The Morgan fingerprint density at radius 2 is 1.88 bits per heavy atom. The molecule has 0 spiro atoms. The second-order valence-electron chi connectivity index (χ2n) is 5.35. The highest BCUT2D eigenvalue weighted by Gasteiger charge is 2.27. The van der Waals surface area contributed by atoms with Crippen molar-refractivity contribution >= 4 is 0 Å². The number of nitrogens with zero attached hydrogens (tertiary/aromatic N) is 1. The van der Waals surface area contributed by atoms with Crippen LogP contribution in [0.1, 0.15) is 51.4 Å². The molecule has 90 valence electrons. The molecule has 16 heavy (non-hydrogen) atoms. The van der Waals surface area contributed by atoms with Crippen LogP contribution in [0.2, 0.25) is 0 Å². The van der Waals surface area contributed by atoms with Gasteiger partial charge in [0, 0.05) is 0 Å². The zero-order valence-electron chi connectivity index (χ0n) is 10.3. The Kier molecular flexibility index (Phi) is 3.89. The number of aliphatic hydroxyl groups is 1. The molecule has 1 N–H and O–H groups in total. The first-order valence-corrected chi connectivity index (χ1v) is 6.65. The van der Waals surface area contributed by atoms with E-state index in [1.54, 1.807) is 0 Å². The third-order valence-corrected chi connectivity index (χ3v) is 3.92. The number of hydrogen-bond donors (Lipinski definition) is 1. The largest absolute Gasteiger partial charge is 0.378 e. The average Bonchev–Trinajstić information content (AvgIpc) is 2.29. The van der Waals surface area contributed by atoms with E-state index in [1.165, 1.54) is 25.7 Å². The van der Waals surface area contributed by atoms with Gasteiger partial charge in [-0.3, -0.25) is 4.90 Å². The van der Waals surface area contributed by atoms with Gasteiger partial charge >= 0.3 is 0 Å². The number of likely N-dealkylation sites (tertiary alicyclic amines) is 1. The molecule has 1 aliphatic carbocycles. The molecule has 0 aromatic heterocycles.